The molecule has 0 aliphatic carbocycles. The molecule has 1 fully saturated rings. The Bertz CT molecular complexity index is 819. The average molecular weight is 359 g/mol. The highest BCUT2D eigenvalue weighted by atomic mass is 32.2. The van der Waals surface area contributed by atoms with Crippen LogP contribution in [0.5, 0.6) is 0 Å². The standard InChI is InChI=1S/C18H21N3O3S/c1-20(12-9-15-7-10-19-11-8-15)25(23,24)17-13-21(14-17)18(22)16-5-3-2-4-6-16/h2-8,10-11,17H,9,12-14H2,1H3. The Balaban J connectivity index is 1.54. The predicted molar refractivity (Wildman–Crippen MR) is 95.6 cm³/mol. The normalized spacial score (nSPS) is 15.2. The molecule has 0 unspecified atom stereocenters. The lowest BCUT2D eigenvalue weighted by Crippen LogP contribution is -2.59. The van der Waals surface area contributed by atoms with Gasteiger partial charge >= 0.3 is 0 Å². The van der Waals surface area contributed by atoms with Crippen molar-refractivity contribution >= 4 is 15.9 Å². The number of sulfonamides is 1. The second-order valence-corrected chi connectivity index (χ2v) is 8.49. The first-order valence-corrected chi connectivity index (χ1v) is 9.67. The van der Waals surface area contributed by atoms with Gasteiger partial charge in [0.15, 0.2) is 0 Å². The summed E-state index contributed by atoms with van der Waals surface area (Å²) in [6.07, 6.45) is 4.03. The monoisotopic (exact) mass is 359 g/mol. The van der Waals surface area contributed by atoms with Gasteiger partial charge in [0.1, 0.15) is 5.25 Å². The van der Waals surface area contributed by atoms with Gasteiger partial charge in [-0.1, -0.05) is 18.2 Å². The average Bonchev–Trinajstić information content (AvgIpc) is 2.59. The number of pyridine rings is 1. The second kappa shape index (κ2) is 7.33. The Morgan fingerprint density at radius 2 is 1.80 bits per heavy atom. The molecule has 3 rings (SSSR count). The van der Waals surface area contributed by atoms with Crippen molar-refractivity contribution in [2.75, 3.05) is 26.7 Å². The SMILES string of the molecule is CN(CCc1ccncc1)S(=O)(=O)C1CN(C(=O)c2ccccc2)C1. The summed E-state index contributed by atoms with van der Waals surface area (Å²) in [7, 11) is -1.80. The topological polar surface area (TPSA) is 70.6 Å². The maximum Gasteiger partial charge on any atom is 0.253 e. The van der Waals surface area contributed by atoms with Gasteiger partial charge in [-0.05, 0) is 36.2 Å². The quantitative estimate of drug-likeness (QED) is 0.782. The molecule has 2 heterocycles. The van der Waals surface area contributed by atoms with Gasteiger partial charge in [0.05, 0.1) is 0 Å². The smallest absolute Gasteiger partial charge is 0.253 e. The Morgan fingerprint density at radius 1 is 1.16 bits per heavy atom. The molecule has 0 bridgehead atoms. The number of rotatable bonds is 6. The number of nitrogens with zero attached hydrogens (tertiary/aromatic N) is 3. The summed E-state index contributed by atoms with van der Waals surface area (Å²) in [4.78, 5) is 17.8. The van der Waals surface area contributed by atoms with Gasteiger partial charge in [-0.2, -0.15) is 0 Å². The van der Waals surface area contributed by atoms with Crippen LogP contribution in [0, 0.1) is 0 Å². The summed E-state index contributed by atoms with van der Waals surface area (Å²) in [5.41, 5.74) is 1.64. The van der Waals surface area contributed by atoms with E-state index in [4.69, 9.17) is 0 Å². The minimum atomic E-state index is -3.40. The van der Waals surface area contributed by atoms with Crippen molar-refractivity contribution in [3.8, 4) is 0 Å². The Morgan fingerprint density at radius 3 is 2.44 bits per heavy atom. The van der Waals surface area contributed by atoms with Crippen LogP contribution in [0.2, 0.25) is 0 Å². The molecule has 1 amide bonds. The highest BCUT2D eigenvalue weighted by Crippen LogP contribution is 2.21. The van der Waals surface area contributed by atoms with Gasteiger partial charge < -0.3 is 4.90 Å². The van der Waals surface area contributed by atoms with Crippen molar-refractivity contribution in [3.63, 3.8) is 0 Å². The molecule has 0 radical (unpaired) electrons. The van der Waals surface area contributed by atoms with Crippen molar-refractivity contribution in [1.82, 2.24) is 14.2 Å². The molecule has 0 atom stereocenters. The molecule has 0 N–H and O–H groups in total. The fourth-order valence-corrected chi connectivity index (χ4v) is 4.36. The van der Waals surface area contributed by atoms with Crippen LogP contribution in [-0.4, -0.2) is 60.4 Å². The van der Waals surface area contributed by atoms with Crippen LogP contribution in [-0.2, 0) is 16.4 Å². The summed E-state index contributed by atoms with van der Waals surface area (Å²) >= 11 is 0. The summed E-state index contributed by atoms with van der Waals surface area (Å²) in [6.45, 7) is 0.904. The molecule has 1 aromatic carbocycles. The molecule has 6 nitrogen and oxygen atoms in total. The van der Waals surface area contributed by atoms with Gasteiger partial charge in [0.2, 0.25) is 10.0 Å². The fourth-order valence-electron chi connectivity index (χ4n) is 2.77. The van der Waals surface area contributed by atoms with Gasteiger partial charge in [-0.25, -0.2) is 12.7 Å². The van der Waals surface area contributed by atoms with Crippen LogP contribution in [0.15, 0.2) is 54.9 Å². The molecule has 7 heteroatoms. The van der Waals surface area contributed by atoms with Crippen LogP contribution < -0.4 is 0 Å². The number of hydrogen-bond acceptors (Lipinski definition) is 4. The second-order valence-electron chi connectivity index (χ2n) is 6.17. The molecule has 1 aliphatic rings. The summed E-state index contributed by atoms with van der Waals surface area (Å²) in [5.74, 6) is -0.119. The van der Waals surface area contributed by atoms with Crippen molar-refractivity contribution in [1.29, 1.82) is 0 Å². The number of aromatic nitrogens is 1. The number of likely N-dealkylation sites (N-methyl/N-ethyl adjacent to an activating group) is 1. The van der Waals surface area contributed by atoms with Crippen molar-refractivity contribution in [2.45, 2.75) is 11.7 Å². The van der Waals surface area contributed by atoms with E-state index in [9.17, 15) is 13.2 Å². The maximum atomic E-state index is 12.6. The van der Waals surface area contributed by atoms with E-state index in [2.05, 4.69) is 4.98 Å². The van der Waals surface area contributed by atoms with Crippen LogP contribution in [0.1, 0.15) is 15.9 Å². The Hall–Kier alpha value is -2.25. The van der Waals surface area contributed by atoms with E-state index < -0.39 is 15.3 Å². The first-order chi connectivity index (χ1) is 12.0. The minimum absolute atomic E-state index is 0.119. The zero-order chi connectivity index (χ0) is 17.9. The van der Waals surface area contributed by atoms with Crippen LogP contribution in [0.3, 0.4) is 0 Å². The molecular weight excluding hydrogens is 338 g/mol. The third-order valence-corrected chi connectivity index (χ3v) is 6.67. The lowest BCUT2D eigenvalue weighted by Gasteiger charge is -2.40. The molecule has 1 aromatic heterocycles. The molecule has 1 saturated heterocycles. The van der Waals surface area contributed by atoms with E-state index in [1.165, 1.54) is 4.31 Å². The minimum Gasteiger partial charge on any atom is -0.336 e. The number of amides is 1. The molecule has 2 aromatic rings. The third kappa shape index (κ3) is 3.88. The molecule has 1 aliphatic heterocycles. The van der Waals surface area contributed by atoms with E-state index in [0.29, 0.717) is 18.5 Å². The van der Waals surface area contributed by atoms with E-state index >= 15 is 0 Å². The zero-order valence-electron chi connectivity index (χ0n) is 14.1. The lowest BCUT2D eigenvalue weighted by molar-refractivity contribution is 0.0655. The Kier molecular flexibility index (Phi) is 5.15. The lowest BCUT2D eigenvalue weighted by atomic mass is 10.1. The van der Waals surface area contributed by atoms with Crippen LogP contribution in [0.25, 0.3) is 0 Å². The molecule has 0 spiro atoms. The van der Waals surface area contributed by atoms with E-state index in [0.717, 1.165) is 5.56 Å². The highest BCUT2D eigenvalue weighted by molar-refractivity contribution is 7.89. The summed E-state index contributed by atoms with van der Waals surface area (Å²) in [5, 5.41) is -0.525. The number of hydrogen-bond donors (Lipinski definition) is 0. The highest BCUT2D eigenvalue weighted by Gasteiger charge is 2.41. The zero-order valence-corrected chi connectivity index (χ0v) is 14.9. The van der Waals surface area contributed by atoms with E-state index in [-0.39, 0.29) is 19.0 Å². The number of likely N-dealkylation sites (tertiary alicyclic amines) is 1. The molecule has 132 valence electrons. The van der Waals surface area contributed by atoms with E-state index in [1.54, 1.807) is 48.6 Å². The van der Waals surface area contributed by atoms with Crippen molar-refractivity contribution in [2.24, 2.45) is 0 Å². The summed E-state index contributed by atoms with van der Waals surface area (Å²) in [6, 6.07) is 12.7. The number of carbonyl (C=O) groups excluding carboxylic acids is 1. The van der Waals surface area contributed by atoms with Crippen LogP contribution in [0.4, 0.5) is 0 Å². The van der Waals surface area contributed by atoms with Gasteiger partial charge in [-0.15, -0.1) is 0 Å². The van der Waals surface area contributed by atoms with Gasteiger partial charge in [0, 0.05) is 44.6 Å². The molecule has 0 saturated carbocycles. The maximum absolute atomic E-state index is 12.6. The first-order valence-electron chi connectivity index (χ1n) is 8.17. The van der Waals surface area contributed by atoms with Crippen LogP contribution >= 0.6 is 0 Å². The van der Waals surface area contributed by atoms with Gasteiger partial charge in [0.25, 0.3) is 5.91 Å². The van der Waals surface area contributed by atoms with Gasteiger partial charge in [-0.3, -0.25) is 9.78 Å². The largest absolute Gasteiger partial charge is 0.336 e. The third-order valence-electron chi connectivity index (χ3n) is 4.48. The van der Waals surface area contributed by atoms with Crippen molar-refractivity contribution < 1.29 is 13.2 Å². The predicted octanol–water partition coefficient (Wildman–Crippen LogP) is 1.41. The first kappa shape index (κ1) is 17.6. The number of benzene rings is 1. The van der Waals surface area contributed by atoms with Crippen molar-refractivity contribution in [3.05, 3.63) is 66.0 Å². The Labute approximate surface area is 148 Å². The molecular formula is C18H21N3O3S. The fraction of sp³-hybridized carbons (Fsp3) is 0.333. The summed E-state index contributed by atoms with van der Waals surface area (Å²) < 4.78 is 26.6. The number of carbonyl (C=O) groups is 1. The molecule has 25 heavy (non-hydrogen) atoms. The van der Waals surface area contributed by atoms with E-state index in [1.807, 2.05) is 18.2 Å².